The molecule has 0 spiro atoms. The third kappa shape index (κ3) is 5.06. The molecule has 6 nitrogen and oxygen atoms in total. The van der Waals surface area contributed by atoms with Crippen LogP contribution in [0.15, 0.2) is 18.2 Å². The van der Waals surface area contributed by atoms with E-state index < -0.39 is 16.1 Å². The number of hydrogen-bond acceptors (Lipinski definition) is 4. The van der Waals surface area contributed by atoms with E-state index in [0.717, 1.165) is 6.26 Å². The highest BCUT2D eigenvalue weighted by atomic mass is 35.5. The first-order chi connectivity index (χ1) is 8.73. The number of halogens is 1. The monoisotopic (exact) mass is 305 g/mol. The summed E-state index contributed by atoms with van der Waals surface area (Å²) in [6.07, 6.45) is 1.55. The van der Waals surface area contributed by atoms with Crippen molar-refractivity contribution in [2.75, 3.05) is 16.3 Å². The summed E-state index contributed by atoms with van der Waals surface area (Å²) in [4.78, 5) is 11.6. The maximum Gasteiger partial charge on any atom is 0.241 e. The van der Waals surface area contributed by atoms with Crippen molar-refractivity contribution < 1.29 is 13.2 Å². The molecule has 0 saturated carbocycles. The second-order valence-corrected chi connectivity index (χ2v) is 6.23. The summed E-state index contributed by atoms with van der Waals surface area (Å²) in [5.41, 5.74) is 6.29. The fourth-order valence-corrected chi connectivity index (χ4v) is 2.16. The summed E-state index contributed by atoms with van der Waals surface area (Å²) >= 11 is 5.92. The van der Waals surface area contributed by atoms with Gasteiger partial charge in [-0.05, 0) is 24.6 Å². The average molecular weight is 306 g/mol. The van der Waals surface area contributed by atoms with Gasteiger partial charge in [0, 0.05) is 5.69 Å². The predicted molar refractivity (Wildman–Crippen MR) is 76.8 cm³/mol. The first kappa shape index (κ1) is 15.7. The summed E-state index contributed by atoms with van der Waals surface area (Å²) in [5.74, 6) is -0.317. The van der Waals surface area contributed by atoms with E-state index in [-0.39, 0.29) is 16.6 Å². The fraction of sp³-hybridized carbons (Fsp3) is 0.364. The smallest absolute Gasteiger partial charge is 0.241 e. The molecule has 0 heterocycles. The molecule has 0 aromatic heterocycles. The second kappa shape index (κ2) is 6.23. The molecule has 1 unspecified atom stereocenters. The van der Waals surface area contributed by atoms with E-state index in [1.54, 1.807) is 13.0 Å². The number of benzene rings is 1. The minimum atomic E-state index is -3.39. The van der Waals surface area contributed by atoms with Crippen molar-refractivity contribution in [1.82, 2.24) is 0 Å². The van der Waals surface area contributed by atoms with Gasteiger partial charge in [-0.1, -0.05) is 18.5 Å². The van der Waals surface area contributed by atoms with Gasteiger partial charge in [-0.25, -0.2) is 8.42 Å². The molecule has 0 radical (unpaired) electrons. The zero-order valence-corrected chi connectivity index (χ0v) is 12.2. The molecular formula is C11H16ClN3O3S. The Labute approximate surface area is 117 Å². The topological polar surface area (TPSA) is 101 Å². The van der Waals surface area contributed by atoms with Crippen LogP contribution >= 0.6 is 11.6 Å². The van der Waals surface area contributed by atoms with Gasteiger partial charge < -0.3 is 11.1 Å². The Hall–Kier alpha value is -1.31. The van der Waals surface area contributed by atoms with Gasteiger partial charge in [0.15, 0.2) is 0 Å². The maximum absolute atomic E-state index is 11.6. The van der Waals surface area contributed by atoms with Gasteiger partial charge in [0.2, 0.25) is 15.9 Å². The molecule has 4 N–H and O–H groups in total. The number of amides is 1. The molecule has 1 atom stereocenters. The normalized spacial score (nSPS) is 12.8. The van der Waals surface area contributed by atoms with Gasteiger partial charge in [0.25, 0.3) is 0 Å². The number of hydrogen-bond donors (Lipinski definition) is 3. The van der Waals surface area contributed by atoms with E-state index in [4.69, 9.17) is 17.3 Å². The van der Waals surface area contributed by atoms with Crippen LogP contribution in [0.4, 0.5) is 11.4 Å². The number of carbonyl (C=O) groups excluding carboxylic acids is 1. The van der Waals surface area contributed by atoms with Crippen molar-refractivity contribution in [1.29, 1.82) is 0 Å². The molecular weight excluding hydrogens is 290 g/mol. The van der Waals surface area contributed by atoms with Crippen molar-refractivity contribution in [3.05, 3.63) is 23.2 Å². The third-order valence-electron chi connectivity index (χ3n) is 2.31. The highest BCUT2D eigenvalue weighted by Gasteiger charge is 2.12. The Morgan fingerprint density at radius 1 is 1.47 bits per heavy atom. The van der Waals surface area contributed by atoms with Gasteiger partial charge in [-0.2, -0.15) is 0 Å². The molecule has 0 aliphatic carbocycles. The molecule has 19 heavy (non-hydrogen) atoms. The molecule has 0 aliphatic rings. The predicted octanol–water partition coefficient (Wildman–Crippen LogP) is 1.39. The molecule has 1 rings (SSSR count). The number of sulfonamides is 1. The summed E-state index contributed by atoms with van der Waals surface area (Å²) in [6.45, 7) is 1.80. The first-order valence-corrected chi connectivity index (χ1v) is 7.83. The first-order valence-electron chi connectivity index (χ1n) is 5.56. The Morgan fingerprint density at radius 2 is 2.11 bits per heavy atom. The van der Waals surface area contributed by atoms with Gasteiger partial charge in [-0.3, -0.25) is 9.52 Å². The number of nitrogens with one attached hydrogen (secondary N) is 2. The minimum Gasteiger partial charge on any atom is -0.325 e. The van der Waals surface area contributed by atoms with Crippen LogP contribution in [0.1, 0.15) is 13.3 Å². The van der Waals surface area contributed by atoms with E-state index >= 15 is 0 Å². The molecule has 1 amide bonds. The summed E-state index contributed by atoms with van der Waals surface area (Å²) < 4.78 is 24.4. The summed E-state index contributed by atoms with van der Waals surface area (Å²) in [6, 6.07) is 3.87. The maximum atomic E-state index is 11.6. The number of carbonyl (C=O) groups is 1. The molecule has 1 aromatic rings. The Bertz CT molecular complexity index is 575. The van der Waals surface area contributed by atoms with Crippen molar-refractivity contribution in [2.24, 2.45) is 5.73 Å². The molecule has 0 bridgehead atoms. The second-order valence-electron chi connectivity index (χ2n) is 4.07. The Balaban J connectivity index is 2.86. The lowest BCUT2D eigenvalue weighted by molar-refractivity contribution is -0.117. The molecule has 0 saturated heterocycles. The highest BCUT2D eigenvalue weighted by molar-refractivity contribution is 7.92. The quantitative estimate of drug-likeness (QED) is 0.765. The van der Waals surface area contributed by atoms with E-state index in [0.29, 0.717) is 12.1 Å². The zero-order valence-electron chi connectivity index (χ0n) is 10.6. The van der Waals surface area contributed by atoms with Crippen LogP contribution in [0, 0.1) is 0 Å². The molecule has 1 aromatic carbocycles. The van der Waals surface area contributed by atoms with Gasteiger partial charge in [-0.15, -0.1) is 0 Å². The molecule has 106 valence electrons. The fourth-order valence-electron chi connectivity index (χ4n) is 1.30. The Morgan fingerprint density at radius 3 is 2.58 bits per heavy atom. The number of anilines is 2. The van der Waals surface area contributed by atoms with Crippen LogP contribution in [0.2, 0.25) is 5.02 Å². The van der Waals surface area contributed by atoms with Crippen LogP contribution < -0.4 is 15.8 Å². The minimum absolute atomic E-state index is 0.188. The largest absolute Gasteiger partial charge is 0.325 e. The van der Waals surface area contributed by atoms with Crippen LogP contribution in [-0.4, -0.2) is 26.6 Å². The van der Waals surface area contributed by atoms with Gasteiger partial charge in [0.05, 0.1) is 23.0 Å². The van der Waals surface area contributed by atoms with Crippen LogP contribution in [0.25, 0.3) is 0 Å². The number of nitrogens with two attached hydrogens (primary N) is 1. The van der Waals surface area contributed by atoms with E-state index in [2.05, 4.69) is 10.0 Å². The summed E-state index contributed by atoms with van der Waals surface area (Å²) in [5, 5.41) is 2.79. The van der Waals surface area contributed by atoms with Crippen LogP contribution in [-0.2, 0) is 14.8 Å². The van der Waals surface area contributed by atoms with Gasteiger partial charge in [0.1, 0.15) is 0 Å². The van der Waals surface area contributed by atoms with Crippen LogP contribution in [0.3, 0.4) is 0 Å². The lowest BCUT2D eigenvalue weighted by Crippen LogP contribution is -2.34. The van der Waals surface area contributed by atoms with Crippen molar-refractivity contribution in [3.63, 3.8) is 0 Å². The standard InChI is InChI=1S/C11H16ClN3O3S/c1-3-9(13)11(16)14-7-4-5-10(8(12)6-7)15-19(2,17)18/h4-6,9,15H,3,13H2,1-2H3,(H,14,16). The summed E-state index contributed by atoms with van der Waals surface area (Å²) in [7, 11) is -3.39. The number of rotatable bonds is 5. The van der Waals surface area contributed by atoms with E-state index in [1.807, 2.05) is 0 Å². The van der Waals surface area contributed by atoms with E-state index in [9.17, 15) is 13.2 Å². The lowest BCUT2D eigenvalue weighted by Gasteiger charge is -2.12. The SMILES string of the molecule is CCC(N)C(=O)Nc1ccc(NS(C)(=O)=O)c(Cl)c1. The van der Waals surface area contributed by atoms with Crippen molar-refractivity contribution in [3.8, 4) is 0 Å². The van der Waals surface area contributed by atoms with Crippen LogP contribution in [0.5, 0.6) is 0 Å². The average Bonchev–Trinajstić information content (AvgIpc) is 2.30. The van der Waals surface area contributed by atoms with Crippen molar-refractivity contribution in [2.45, 2.75) is 19.4 Å². The van der Waals surface area contributed by atoms with Crippen molar-refractivity contribution >= 4 is 38.9 Å². The highest BCUT2D eigenvalue weighted by Crippen LogP contribution is 2.26. The third-order valence-corrected chi connectivity index (χ3v) is 3.21. The molecule has 0 fully saturated rings. The van der Waals surface area contributed by atoms with Gasteiger partial charge >= 0.3 is 0 Å². The lowest BCUT2D eigenvalue weighted by atomic mass is 10.2. The van der Waals surface area contributed by atoms with E-state index in [1.165, 1.54) is 12.1 Å². The molecule has 8 heteroatoms. The Kier molecular flexibility index (Phi) is 5.16. The zero-order chi connectivity index (χ0) is 14.6. The molecule has 0 aliphatic heterocycles.